The summed E-state index contributed by atoms with van der Waals surface area (Å²) in [4.78, 5) is 14.6. The van der Waals surface area contributed by atoms with Gasteiger partial charge in [0.05, 0.1) is 0 Å². The van der Waals surface area contributed by atoms with E-state index in [1.165, 1.54) is 0 Å². The topological polar surface area (TPSA) is 93.5 Å². The molecule has 0 atom stereocenters. The zero-order valence-corrected chi connectivity index (χ0v) is 6.00. The van der Waals surface area contributed by atoms with Gasteiger partial charge >= 0.3 is 0 Å². The van der Waals surface area contributed by atoms with Gasteiger partial charge in [-0.25, -0.2) is 4.99 Å². The minimum Gasteiger partial charge on any atom is -0.369 e. The summed E-state index contributed by atoms with van der Waals surface area (Å²) in [6.07, 6.45) is 2.30. The summed E-state index contributed by atoms with van der Waals surface area (Å²) in [5.41, 5.74) is 10.8. The quantitative estimate of drug-likeness (QED) is 0.430. The van der Waals surface area contributed by atoms with Crippen molar-refractivity contribution in [1.82, 2.24) is 5.32 Å². The summed E-state index contributed by atoms with van der Waals surface area (Å²) in [6.45, 7) is 0.506. The number of guanidine groups is 1. The second-order valence-corrected chi connectivity index (χ2v) is 2.12. The van der Waals surface area contributed by atoms with Gasteiger partial charge < -0.3 is 11.5 Å². The Morgan fingerprint density at radius 2 is 2.36 bits per heavy atom. The SMILES string of the molecule is NCC/C=C1/N=C(N)NC1=O. The Morgan fingerprint density at radius 3 is 2.82 bits per heavy atom. The fourth-order valence-corrected chi connectivity index (χ4v) is 0.747. The molecule has 1 amide bonds. The first kappa shape index (κ1) is 7.74. The van der Waals surface area contributed by atoms with E-state index < -0.39 is 0 Å². The lowest BCUT2D eigenvalue weighted by molar-refractivity contribution is -0.115. The van der Waals surface area contributed by atoms with Crippen LogP contribution in [0.4, 0.5) is 0 Å². The number of hydrogen-bond acceptors (Lipinski definition) is 4. The second-order valence-electron chi connectivity index (χ2n) is 2.12. The molecule has 0 fully saturated rings. The number of carbonyl (C=O) groups excluding carboxylic acids is 1. The highest BCUT2D eigenvalue weighted by molar-refractivity contribution is 6.10. The normalized spacial score (nSPS) is 20.3. The van der Waals surface area contributed by atoms with Gasteiger partial charge in [-0.2, -0.15) is 0 Å². The van der Waals surface area contributed by atoms with Gasteiger partial charge in [0.25, 0.3) is 5.91 Å². The Bertz CT molecular complexity index is 231. The van der Waals surface area contributed by atoms with E-state index in [0.717, 1.165) is 0 Å². The molecule has 0 bridgehead atoms. The molecule has 0 spiro atoms. The molecular weight excluding hydrogens is 144 g/mol. The van der Waals surface area contributed by atoms with Crippen LogP contribution in [0, 0.1) is 0 Å². The first-order valence-corrected chi connectivity index (χ1v) is 3.30. The molecule has 1 rings (SSSR count). The molecule has 0 aromatic rings. The molecule has 0 saturated carbocycles. The van der Waals surface area contributed by atoms with Crippen LogP contribution in [-0.4, -0.2) is 18.4 Å². The number of nitrogens with one attached hydrogen (secondary N) is 1. The largest absolute Gasteiger partial charge is 0.369 e. The van der Waals surface area contributed by atoms with Crippen LogP contribution in [0.25, 0.3) is 0 Å². The molecular formula is C6H10N4O. The Hall–Kier alpha value is -1.36. The van der Waals surface area contributed by atoms with Gasteiger partial charge in [-0.3, -0.25) is 10.1 Å². The summed E-state index contributed by atoms with van der Waals surface area (Å²) in [7, 11) is 0. The predicted octanol–water partition coefficient (Wildman–Crippen LogP) is -1.34. The number of rotatable bonds is 2. The summed E-state index contributed by atoms with van der Waals surface area (Å²) < 4.78 is 0. The first-order chi connectivity index (χ1) is 5.24. The van der Waals surface area contributed by atoms with Gasteiger partial charge in [-0.15, -0.1) is 0 Å². The van der Waals surface area contributed by atoms with E-state index in [1.807, 2.05) is 0 Å². The smallest absolute Gasteiger partial charge is 0.276 e. The van der Waals surface area contributed by atoms with Gasteiger partial charge in [0, 0.05) is 0 Å². The van der Waals surface area contributed by atoms with Crippen molar-refractivity contribution in [3.63, 3.8) is 0 Å². The van der Waals surface area contributed by atoms with Crippen molar-refractivity contribution in [3.8, 4) is 0 Å². The minimum atomic E-state index is -0.254. The van der Waals surface area contributed by atoms with E-state index in [4.69, 9.17) is 11.5 Å². The van der Waals surface area contributed by atoms with Gasteiger partial charge in [-0.1, -0.05) is 6.08 Å². The predicted molar refractivity (Wildman–Crippen MR) is 41.5 cm³/mol. The Kier molecular flexibility index (Phi) is 2.22. The van der Waals surface area contributed by atoms with Crippen molar-refractivity contribution in [1.29, 1.82) is 0 Å². The number of nitrogens with two attached hydrogens (primary N) is 2. The molecule has 0 aliphatic carbocycles. The maximum absolute atomic E-state index is 10.9. The molecule has 1 aliphatic rings. The maximum Gasteiger partial charge on any atom is 0.276 e. The molecule has 0 saturated heterocycles. The highest BCUT2D eigenvalue weighted by atomic mass is 16.2. The average Bonchev–Trinajstić information content (AvgIpc) is 2.26. The summed E-state index contributed by atoms with van der Waals surface area (Å²) >= 11 is 0. The third kappa shape index (κ3) is 1.78. The molecule has 0 aromatic carbocycles. The average molecular weight is 154 g/mol. The van der Waals surface area contributed by atoms with Gasteiger partial charge in [-0.05, 0) is 13.0 Å². The lowest BCUT2D eigenvalue weighted by Crippen LogP contribution is -2.30. The van der Waals surface area contributed by atoms with Gasteiger partial charge in [0.2, 0.25) is 5.96 Å². The summed E-state index contributed by atoms with van der Waals surface area (Å²) in [6, 6.07) is 0. The highest BCUT2D eigenvalue weighted by Crippen LogP contribution is 2.03. The van der Waals surface area contributed by atoms with Crippen LogP contribution in [0.1, 0.15) is 6.42 Å². The monoisotopic (exact) mass is 154 g/mol. The molecule has 60 valence electrons. The summed E-state index contributed by atoms with van der Waals surface area (Å²) in [5, 5.41) is 2.36. The van der Waals surface area contributed by atoms with Gasteiger partial charge in [0.1, 0.15) is 5.70 Å². The third-order valence-corrected chi connectivity index (χ3v) is 1.22. The number of hydrogen-bond donors (Lipinski definition) is 3. The van der Waals surface area contributed by atoms with E-state index in [2.05, 4.69) is 10.3 Å². The number of amides is 1. The summed E-state index contributed by atoms with van der Waals surface area (Å²) in [5.74, 6) is -0.103. The van der Waals surface area contributed by atoms with Crippen molar-refractivity contribution in [2.24, 2.45) is 16.5 Å². The Morgan fingerprint density at radius 1 is 1.64 bits per heavy atom. The van der Waals surface area contributed by atoms with E-state index in [0.29, 0.717) is 18.7 Å². The molecule has 0 aromatic heterocycles. The van der Waals surface area contributed by atoms with Crippen LogP contribution < -0.4 is 16.8 Å². The zero-order chi connectivity index (χ0) is 8.27. The second kappa shape index (κ2) is 3.16. The van der Waals surface area contributed by atoms with E-state index >= 15 is 0 Å². The van der Waals surface area contributed by atoms with Crippen LogP contribution >= 0.6 is 0 Å². The Labute approximate surface area is 64.2 Å². The maximum atomic E-state index is 10.9. The van der Waals surface area contributed by atoms with Crippen molar-refractivity contribution < 1.29 is 4.79 Å². The van der Waals surface area contributed by atoms with Crippen molar-refractivity contribution in [2.45, 2.75) is 6.42 Å². The molecule has 1 aliphatic heterocycles. The number of carbonyl (C=O) groups is 1. The van der Waals surface area contributed by atoms with Crippen molar-refractivity contribution >= 4 is 11.9 Å². The fourth-order valence-electron chi connectivity index (χ4n) is 0.747. The van der Waals surface area contributed by atoms with E-state index in [1.54, 1.807) is 6.08 Å². The highest BCUT2D eigenvalue weighted by Gasteiger charge is 2.16. The molecule has 5 nitrogen and oxygen atoms in total. The minimum absolute atomic E-state index is 0.151. The molecule has 11 heavy (non-hydrogen) atoms. The lowest BCUT2D eigenvalue weighted by Gasteiger charge is -1.89. The Balaban J connectivity index is 2.65. The van der Waals surface area contributed by atoms with Crippen LogP contribution in [0.2, 0.25) is 0 Å². The first-order valence-electron chi connectivity index (χ1n) is 3.30. The molecule has 5 heteroatoms. The van der Waals surface area contributed by atoms with Crippen molar-refractivity contribution in [3.05, 3.63) is 11.8 Å². The zero-order valence-electron chi connectivity index (χ0n) is 6.00. The molecule has 5 N–H and O–H groups in total. The number of nitrogens with zero attached hydrogens (tertiary/aromatic N) is 1. The van der Waals surface area contributed by atoms with Crippen LogP contribution in [0.3, 0.4) is 0 Å². The van der Waals surface area contributed by atoms with Crippen LogP contribution in [0.15, 0.2) is 16.8 Å². The number of aliphatic imine (C=N–C) groups is 1. The fraction of sp³-hybridized carbons (Fsp3) is 0.333. The van der Waals surface area contributed by atoms with Crippen LogP contribution in [0.5, 0.6) is 0 Å². The van der Waals surface area contributed by atoms with Crippen molar-refractivity contribution in [2.75, 3.05) is 6.54 Å². The molecule has 0 radical (unpaired) electrons. The third-order valence-electron chi connectivity index (χ3n) is 1.22. The standard InChI is InChI=1S/C6H10N4O/c7-3-1-2-4-5(11)10-6(8)9-4/h2H,1,3,7H2,(H3,8,9,10,11)/b4-2+. The molecule has 0 unspecified atom stereocenters. The lowest BCUT2D eigenvalue weighted by atomic mass is 10.3. The van der Waals surface area contributed by atoms with E-state index in [9.17, 15) is 4.79 Å². The molecule has 1 heterocycles. The van der Waals surface area contributed by atoms with Crippen LogP contribution in [-0.2, 0) is 4.79 Å². The van der Waals surface area contributed by atoms with E-state index in [-0.39, 0.29) is 11.9 Å². The van der Waals surface area contributed by atoms with Gasteiger partial charge in [0.15, 0.2) is 0 Å².